The Morgan fingerprint density at radius 2 is 1.00 bits per heavy atom. The minimum absolute atomic E-state index is 0. The van der Waals surface area contributed by atoms with E-state index in [1.807, 2.05) is 24.3 Å². The van der Waals surface area contributed by atoms with Crippen molar-refractivity contribution in [2.24, 2.45) is 0 Å². The fourth-order valence-electron chi connectivity index (χ4n) is 6.33. The second-order valence-electron chi connectivity index (χ2n) is 13.8. The Morgan fingerprint density at radius 3 is 1.38 bits per heavy atom. The number of nitrogens with one attached hydrogen (secondary N) is 3. The highest BCUT2D eigenvalue weighted by atomic mass is 32.2. The summed E-state index contributed by atoms with van der Waals surface area (Å²) in [5.41, 5.74) is 3.05. The van der Waals surface area contributed by atoms with Gasteiger partial charge in [-0.3, -0.25) is 9.59 Å². The average molecular weight is 800 g/mol. The summed E-state index contributed by atoms with van der Waals surface area (Å²) in [6.45, 7) is 0. The van der Waals surface area contributed by atoms with E-state index in [0.29, 0.717) is 35.3 Å². The molecule has 4 amide bonds. The lowest BCUT2D eigenvalue weighted by molar-refractivity contribution is -0.120. The lowest BCUT2D eigenvalue weighted by Gasteiger charge is -2.26. The number of benzene rings is 4. The molecule has 4 aromatic carbocycles. The van der Waals surface area contributed by atoms with E-state index in [2.05, 4.69) is 10.0 Å². The van der Waals surface area contributed by atoms with Crippen LogP contribution in [0, 0.1) is 23.3 Å². The smallest absolute Gasteiger partial charge is 0.325 e. The van der Waals surface area contributed by atoms with E-state index in [0.717, 1.165) is 61.1 Å². The Labute approximate surface area is 323 Å². The van der Waals surface area contributed by atoms with Gasteiger partial charge in [0.25, 0.3) is 0 Å². The van der Waals surface area contributed by atoms with Gasteiger partial charge in [0.15, 0.2) is 0 Å². The highest BCUT2D eigenvalue weighted by Gasteiger charge is 2.32. The molecule has 0 heterocycles. The molecule has 4 aromatic rings. The summed E-state index contributed by atoms with van der Waals surface area (Å²) in [5, 5.41) is 2.29. The second-order valence-corrected chi connectivity index (χ2v) is 15.2. The third-order valence-electron chi connectivity index (χ3n) is 9.47. The van der Waals surface area contributed by atoms with Gasteiger partial charge in [0, 0.05) is 44.0 Å². The number of rotatable bonds is 14. The molecule has 16 heteroatoms. The zero-order valence-electron chi connectivity index (χ0n) is 30.0. The molecule has 292 valence electrons. The van der Waals surface area contributed by atoms with Crippen molar-refractivity contribution in [3.8, 4) is 0 Å². The van der Waals surface area contributed by atoms with Gasteiger partial charge in [0.05, 0.1) is 0 Å². The first-order chi connectivity index (χ1) is 25.6. The third kappa shape index (κ3) is 11.1. The Morgan fingerprint density at radius 1 is 0.636 bits per heavy atom. The van der Waals surface area contributed by atoms with Crippen molar-refractivity contribution >= 4 is 52.9 Å². The Bertz CT molecular complexity index is 2110. The third-order valence-corrected chi connectivity index (χ3v) is 10.5. The summed E-state index contributed by atoms with van der Waals surface area (Å²) in [6, 6.07) is 14.9. The monoisotopic (exact) mass is 799 g/mol. The molecule has 2 aliphatic carbocycles. The fourth-order valence-corrected chi connectivity index (χ4v) is 7.25. The summed E-state index contributed by atoms with van der Waals surface area (Å²) in [4.78, 5) is 43.2. The predicted molar refractivity (Wildman–Crippen MR) is 205 cm³/mol. The number of urea groups is 1. The first kappa shape index (κ1) is 41.2. The molecule has 0 aliphatic heterocycles. The van der Waals surface area contributed by atoms with Gasteiger partial charge in [0.2, 0.25) is 11.8 Å². The Balaban J connectivity index is 0.00000580. The molecule has 0 saturated heterocycles. The molecule has 0 aromatic heterocycles. The number of carbonyl (C=O) groups excluding carboxylic acids is 3. The fraction of sp³-hybridized carbons (Fsp3) is 0.308. The van der Waals surface area contributed by atoms with E-state index < -0.39 is 76.2 Å². The van der Waals surface area contributed by atoms with E-state index >= 15 is 0 Å². The number of carbonyl (C=O) groups is 3. The maximum atomic E-state index is 14.1. The lowest BCUT2D eigenvalue weighted by atomic mass is 10.0. The maximum Gasteiger partial charge on any atom is 0.330 e. The molecular formula is C39H41F4N5O5S2. The zero-order valence-corrected chi connectivity index (χ0v) is 31.8. The van der Waals surface area contributed by atoms with Gasteiger partial charge >= 0.3 is 16.2 Å². The zero-order chi connectivity index (χ0) is 38.7. The molecule has 10 nitrogen and oxygen atoms in total. The van der Waals surface area contributed by atoms with Gasteiger partial charge in [-0.1, -0.05) is 24.3 Å². The van der Waals surface area contributed by atoms with Crippen LogP contribution in [0.3, 0.4) is 0 Å². The molecule has 3 N–H and O–H groups in total. The Kier molecular flexibility index (Phi) is 12.9. The van der Waals surface area contributed by atoms with Crippen molar-refractivity contribution in [2.45, 2.75) is 62.4 Å². The average Bonchev–Trinajstić information content (AvgIpc) is 4.03. The van der Waals surface area contributed by atoms with Crippen molar-refractivity contribution in [3.63, 3.8) is 0 Å². The molecule has 0 bridgehead atoms. The number of hydrogen-bond donors (Lipinski definition) is 3. The van der Waals surface area contributed by atoms with Crippen LogP contribution in [0.2, 0.25) is 0 Å². The highest BCUT2D eigenvalue weighted by molar-refractivity contribution is 7.88. The van der Waals surface area contributed by atoms with Crippen LogP contribution < -0.4 is 24.6 Å². The lowest BCUT2D eigenvalue weighted by Crippen LogP contribution is -2.57. The second kappa shape index (κ2) is 17.3. The SMILES string of the molecule is CN(C(=O)[C@H](Cc1cc(F)cc(F)c1)NC(=O)NS(=O)(=O)N[C@@H](Cc1cc(F)cc(F)c1)C(=O)N(C)c1ccc(C2CC2)cc1)c1ccc(C2CC2)cc1.S. The van der Waals surface area contributed by atoms with Crippen molar-refractivity contribution < 1.29 is 40.4 Å². The minimum atomic E-state index is -4.92. The first-order valence-corrected chi connectivity index (χ1v) is 18.9. The van der Waals surface area contributed by atoms with Gasteiger partial charge in [0.1, 0.15) is 35.4 Å². The number of hydrogen-bond acceptors (Lipinski definition) is 5. The van der Waals surface area contributed by atoms with Crippen LogP contribution >= 0.6 is 13.5 Å². The maximum absolute atomic E-state index is 14.1. The number of amides is 4. The normalized spacial score (nSPS) is 14.9. The van der Waals surface area contributed by atoms with Gasteiger partial charge in [-0.2, -0.15) is 26.6 Å². The molecule has 2 saturated carbocycles. The van der Waals surface area contributed by atoms with E-state index in [1.54, 1.807) is 29.0 Å². The molecule has 2 aliphatic rings. The van der Waals surface area contributed by atoms with Crippen LogP contribution in [-0.2, 0) is 32.6 Å². The van der Waals surface area contributed by atoms with Crippen molar-refractivity contribution in [1.82, 2.24) is 14.8 Å². The number of likely N-dealkylation sites (N-methyl/N-ethyl adjacent to an activating group) is 2. The first-order valence-electron chi connectivity index (χ1n) is 17.4. The molecule has 2 fully saturated rings. The molecule has 0 spiro atoms. The van der Waals surface area contributed by atoms with Gasteiger partial charge in [-0.15, -0.1) is 0 Å². The van der Waals surface area contributed by atoms with Crippen molar-refractivity contribution in [2.75, 3.05) is 23.9 Å². The van der Waals surface area contributed by atoms with E-state index in [9.17, 15) is 40.4 Å². The largest absolute Gasteiger partial charge is 0.330 e. The molecule has 0 radical (unpaired) electrons. The number of halogens is 4. The summed E-state index contributed by atoms with van der Waals surface area (Å²) in [6.07, 6.45) is 3.34. The van der Waals surface area contributed by atoms with Crippen LogP contribution in [0.25, 0.3) is 0 Å². The summed E-state index contributed by atoms with van der Waals surface area (Å²) >= 11 is 0. The standard InChI is InChI=1S/C39H39F4N5O5S.H2S/c1-47(33-11-7-27(8-12-33)25-3-4-25)37(49)35(19-23-15-29(40)21-30(41)16-23)44-39(51)46-54(52,53)45-36(20-24-17-31(42)22-32(43)18-24)38(50)48(2)34-13-9-28(10-14-34)26-5-6-26;/h7-18,21-22,25-26,35-36,45H,3-6,19-20H2,1-2H3,(H2,44,46,51);1H2/t35-,36-;/m0./s1. The number of nitrogens with zero attached hydrogens (tertiary/aromatic N) is 2. The molecular weight excluding hydrogens is 759 g/mol. The van der Waals surface area contributed by atoms with Crippen molar-refractivity contribution in [3.05, 3.63) is 130 Å². The van der Waals surface area contributed by atoms with Gasteiger partial charge in [-0.05, 0) is 115 Å². The van der Waals surface area contributed by atoms with Crippen LogP contribution in [-0.4, -0.2) is 52.4 Å². The molecule has 0 unspecified atom stereocenters. The quantitative estimate of drug-likeness (QED) is 0.133. The van der Waals surface area contributed by atoms with Crippen LogP contribution in [0.1, 0.15) is 59.8 Å². The molecule has 6 rings (SSSR count). The van der Waals surface area contributed by atoms with E-state index in [4.69, 9.17) is 0 Å². The van der Waals surface area contributed by atoms with E-state index in [1.165, 1.54) is 23.9 Å². The number of anilines is 2. The summed E-state index contributed by atoms with van der Waals surface area (Å²) in [7, 11) is -2.08. The summed E-state index contributed by atoms with van der Waals surface area (Å²) < 4.78 is 87.1. The van der Waals surface area contributed by atoms with Crippen molar-refractivity contribution in [1.29, 1.82) is 0 Å². The van der Waals surface area contributed by atoms with Crippen LogP contribution in [0.15, 0.2) is 84.9 Å². The van der Waals surface area contributed by atoms with Gasteiger partial charge < -0.3 is 15.1 Å². The summed E-state index contributed by atoms with van der Waals surface area (Å²) in [5.74, 6) is -4.36. The van der Waals surface area contributed by atoms with E-state index in [-0.39, 0.29) is 24.6 Å². The Hall–Kier alpha value is -4.93. The minimum Gasteiger partial charge on any atom is -0.325 e. The molecule has 55 heavy (non-hydrogen) atoms. The molecule has 2 atom stereocenters. The van der Waals surface area contributed by atoms with Crippen LogP contribution in [0.4, 0.5) is 33.7 Å². The highest BCUT2D eigenvalue weighted by Crippen LogP contribution is 2.41. The van der Waals surface area contributed by atoms with Crippen LogP contribution in [0.5, 0.6) is 0 Å². The van der Waals surface area contributed by atoms with Gasteiger partial charge in [-0.25, -0.2) is 27.1 Å². The topological polar surface area (TPSA) is 128 Å². The predicted octanol–water partition coefficient (Wildman–Crippen LogP) is 6.09.